The highest BCUT2D eigenvalue weighted by Crippen LogP contribution is 2.28. The number of nitriles is 1. The van der Waals surface area contributed by atoms with E-state index in [9.17, 15) is 4.79 Å². The number of thiophene rings is 1. The minimum atomic E-state index is -0.324. The number of esters is 1. The molecule has 3 nitrogen and oxygen atoms in total. The summed E-state index contributed by atoms with van der Waals surface area (Å²) in [5.74, 6) is -0.324. The molecule has 84 valence electrons. The van der Waals surface area contributed by atoms with Gasteiger partial charge in [0.05, 0.1) is 18.7 Å². The molecule has 0 saturated heterocycles. The molecule has 1 aromatic carbocycles. The highest BCUT2D eigenvalue weighted by Gasteiger charge is 2.09. The van der Waals surface area contributed by atoms with Crippen molar-refractivity contribution in [3.8, 4) is 16.5 Å². The zero-order valence-electron chi connectivity index (χ0n) is 9.14. The maximum Gasteiger partial charge on any atom is 0.348 e. The average Bonchev–Trinajstić information content (AvgIpc) is 2.87. The lowest BCUT2D eigenvalue weighted by atomic mass is 10.1. The van der Waals surface area contributed by atoms with Crippen molar-refractivity contribution < 1.29 is 9.53 Å². The molecular formula is C13H9NO2S. The van der Waals surface area contributed by atoms with E-state index in [4.69, 9.17) is 5.26 Å². The van der Waals surface area contributed by atoms with Gasteiger partial charge in [0.2, 0.25) is 0 Å². The van der Waals surface area contributed by atoms with E-state index in [1.54, 1.807) is 18.2 Å². The highest BCUT2D eigenvalue weighted by molar-refractivity contribution is 7.17. The molecule has 1 heterocycles. The number of rotatable bonds is 2. The third-order valence-corrected chi connectivity index (χ3v) is 3.41. The molecule has 0 spiro atoms. The molecule has 2 aromatic rings. The number of carbonyl (C=O) groups is 1. The molecule has 1 aromatic heterocycles. The maximum atomic E-state index is 11.3. The number of hydrogen-bond acceptors (Lipinski definition) is 4. The molecule has 0 bridgehead atoms. The number of hydrogen-bond donors (Lipinski definition) is 0. The first-order valence-corrected chi connectivity index (χ1v) is 5.75. The van der Waals surface area contributed by atoms with Gasteiger partial charge in [-0.15, -0.1) is 11.3 Å². The first kappa shape index (κ1) is 11.4. The van der Waals surface area contributed by atoms with Crippen LogP contribution in [0.25, 0.3) is 10.4 Å². The van der Waals surface area contributed by atoms with E-state index >= 15 is 0 Å². The summed E-state index contributed by atoms with van der Waals surface area (Å²) in [4.78, 5) is 12.9. The molecule has 4 heteroatoms. The summed E-state index contributed by atoms with van der Waals surface area (Å²) in [5.41, 5.74) is 1.61. The average molecular weight is 243 g/mol. The van der Waals surface area contributed by atoms with Gasteiger partial charge < -0.3 is 4.74 Å². The van der Waals surface area contributed by atoms with Crippen LogP contribution in [0.4, 0.5) is 0 Å². The van der Waals surface area contributed by atoms with Crippen molar-refractivity contribution in [3.63, 3.8) is 0 Å². The Bertz CT molecular complexity index is 578. The summed E-state index contributed by atoms with van der Waals surface area (Å²) in [7, 11) is 1.36. The quantitative estimate of drug-likeness (QED) is 0.761. The smallest absolute Gasteiger partial charge is 0.348 e. The van der Waals surface area contributed by atoms with Gasteiger partial charge in [0.25, 0.3) is 0 Å². The van der Waals surface area contributed by atoms with Crippen molar-refractivity contribution in [2.24, 2.45) is 0 Å². The van der Waals surface area contributed by atoms with Gasteiger partial charge in [-0.1, -0.05) is 12.1 Å². The molecule has 0 atom stereocenters. The lowest BCUT2D eigenvalue weighted by Gasteiger charge is -1.96. The minimum Gasteiger partial charge on any atom is -0.465 e. The number of ether oxygens (including phenoxy) is 1. The van der Waals surface area contributed by atoms with Crippen LogP contribution in [0.2, 0.25) is 0 Å². The van der Waals surface area contributed by atoms with Crippen LogP contribution in [-0.2, 0) is 4.74 Å². The summed E-state index contributed by atoms with van der Waals surface area (Å²) in [6.45, 7) is 0. The van der Waals surface area contributed by atoms with Gasteiger partial charge in [-0.3, -0.25) is 0 Å². The summed E-state index contributed by atoms with van der Waals surface area (Å²) in [6.07, 6.45) is 0. The van der Waals surface area contributed by atoms with Crippen molar-refractivity contribution >= 4 is 17.3 Å². The molecule has 0 radical (unpaired) electrons. The Labute approximate surface area is 103 Å². The number of methoxy groups -OCH3 is 1. The molecule has 0 aliphatic carbocycles. The van der Waals surface area contributed by atoms with Crippen molar-refractivity contribution in [2.45, 2.75) is 0 Å². The number of benzene rings is 1. The second-order valence-corrected chi connectivity index (χ2v) is 4.43. The van der Waals surface area contributed by atoms with Crippen LogP contribution in [0.15, 0.2) is 36.4 Å². The summed E-state index contributed by atoms with van der Waals surface area (Å²) in [6, 6.07) is 12.9. The second-order valence-electron chi connectivity index (χ2n) is 3.34. The van der Waals surface area contributed by atoms with Crippen LogP contribution >= 0.6 is 11.3 Å². The Kier molecular flexibility index (Phi) is 3.22. The van der Waals surface area contributed by atoms with E-state index < -0.39 is 0 Å². The predicted octanol–water partition coefficient (Wildman–Crippen LogP) is 3.07. The Morgan fingerprint density at radius 3 is 2.53 bits per heavy atom. The summed E-state index contributed by atoms with van der Waals surface area (Å²) >= 11 is 1.37. The summed E-state index contributed by atoms with van der Waals surface area (Å²) in [5, 5.41) is 8.70. The molecule has 0 saturated carbocycles. The van der Waals surface area contributed by atoms with Gasteiger partial charge in [0.1, 0.15) is 4.88 Å². The van der Waals surface area contributed by atoms with E-state index in [-0.39, 0.29) is 5.97 Å². The Morgan fingerprint density at radius 1 is 1.24 bits per heavy atom. The van der Waals surface area contributed by atoms with Crippen molar-refractivity contribution in [1.29, 1.82) is 5.26 Å². The Hall–Kier alpha value is -2.12. The van der Waals surface area contributed by atoms with Crippen LogP contribution < -0.4 is 0 Å². The molecule has 0 N–H and O–H groups in total. The summed E-state index contributed by atoms with van der Waals surface area (Å²) < 4.78 is 4.65. The molecule has 0 fully saturated rings. The van der Waals surface area contributed by atoms with Gasteiger partial charge in [0, 0.05) is 4.88 Å². The molecule has 0 aliphatic heterocycles. The first-order chi connectivity index (χ1) is 8.24. The van der Waals surface area contributed by atoms with E-state index in [2.05, 4.69) is 10.8 Å². The monoisotopic (exact) mass is 243 g/mol. The third-order valence-electron chi connectivity index (χ3n) is 2.29. The normalized spacial score (nSPS) is 9.65. The van der Waals surface area contributed by atoms with E-state index in [0.717, 1.165) is 10.4 Å². The zero-order valence-corrected chi connectivity index (χ0v) is 9.95. The van der Waals surface area contributed by atoms with Gasteiger partial charge in [-0.05, 0) is 29.8 Å². The standard InChI is InChI=1S/C13H9NO2S/c1-16-13(15)12-7-6-11(17-12)10-4-2-9(8-14)3-5-10/h2-7H,1H3. The largest absolute Gasteiger partial charge is 0.465 e. The fraction of sp³-hybridized carbons (Fsp3) is 0.0769. The first-order valence-electron chi connectivity index (χ1n) is 4.93. The maximum absolute atomic E-state index is 11.3. The Morgan fingerprint density at radius 2 is 1.94 bits per heavy atom. The van der Waals surface area contributed by atoms with E-state index in [1.165, 1.54) is 18.4 Å². The van der Waals surface area contributed by atoms with E-state index in [0.29, 0.717) is 10.4 Å². The molecule has 0 aliphatic rings. The van der Waals surface area contributed by atoms with Crippen molar-refractivity contribution in [3.05, 3.63) is 46.8 Å². The third kappa shape index (κ3) is 2.35. The molecule has 0 unspecified atom stereocenters. The lowest BCUT2D eigenvalue weighted by Crippen LogP contribution is -1.96. The van der Waals surface area contributed by atoms with Crippen LogP contribution in [0.1, 0.15) is 15.2 Å². The van der Waals surface area contributed by atoms with Gasteiger partial charge in [0.15, 0.2) is 0 Å². The highest BCUT2D eigenvalue weighted by atomic mass is 32.1. The minimum absolute atomic E-state index is 0.324. The van der Waals surface area contributed by atoms with Crippen LogP contribution in [-0.4, -0.2) is 13.1 Å². The van der Waals surface area contributed by atoms with Gasteiger partial charge in [-0.2, -0.15) is 5.26 Å². The predicted molar refractivity (Wildman–Crippen MR) is 65.8 cm³/mol. The molecule has 0 amide bonds. The van der Waals surface area contributed by atoms with Crippen LogP contribution in [0.3, 0.4) is 0 Å². The van der Waals surface area contributed by atoms with Crippen LogP contribution in [0, 0.1) is 11.3 Å². The number of carbonyl (C=O) groups excluding carboxylic acids is 1. The Balaban J connectivity index is 2.31. The van der Waals surface area contributed by atoms with Gasteiger partial charge >= 0.3 is 5.97 Å². The lowest BCUT2D eigenvalue weighted by molar-refractivity contribution is 0.0606. The van der Waals surface area contributed by atoms with Gasteiger partial charge in [-0.25, -0.2) is 4.79 Å². The molecule has 17 heavy (non-hydrogen) atoms. The number of nitrogens with zero attached hydrogens (tertiary/aromatic N) is 1. The fourth-order valence-corrected chi connectivity index (χ4v) is 2.34. The zero-order chi connectivity index (χ0) is 12.3. The van der Waals surface area contributed by atoms with E-state index in [1.807, 2.05) is 18.2 Å². The molecule has 2 rings (SSSR count). The van der Waals surface area contributed by atoms with Crippen molar-refractivity contribution in [2.75, 3.05) is 7.11 Å². The van der Waals surface area contributed by atoms with Crippen molar-refractivity contribution in [1.82, 2.24) is 0 Å². The second kappa shape index (κ2) is 4.81. The topological polar surface area (TPSA) is 50.1 Å². The fourth-order valence-electron chi connectivity index (χ4n) is 1.41. The molecular weight excluding hydrogens is 234 g/mol. The van der Waals surface area contributed by atoms with Crippen LogP contribution in [0.5, 0.6) is 0 Å². The SMILES string of the molecule is COC(=O)c1ccc(-c2ccc(C#N)cc2)s1.